The summed E-state index contributed by atoms with van der Waals surface area (Å²) in [6, 6.07) is 1.40. The second-order valence-electron chi connectivity index (χ2n) is 4.96. The van der Waals surface area contributed by atoms with Crippen molar-refractivity contribution in [1.29, 1.82) is 0 Å². The van der Waals surface area contributed by atoms with Crippen molar-refractivity contribution in [2.45, 2.75) is 50.6 Å². The smallest absolute Gasteiger partial charge is 0.00923 e. The number of rotatable bonds is 3. The molecule has 2 saturated carbocycles. The highest BCUT2D eigenvalue weighted by molar-refractivity contribution is 4.83. The van der Waals surface area contributed by atoms with Crippen LogP contribution in [0.25, 0.3) is 0 Å². The van der Waals surface area contributed by atoms with Gasteiger partial charge in [-0.15, -0.1) is 0 Å². The third-order valence-corrected chi connectivity index (χ3v) is 3.83. The zero-order valence-corrected chi connectivity index (χ0v) is 8.71. The predicted octanol–water partition coefficient (Wildman–Crippen LogP) is 1.60. The second-order valence-corrected chi connectivity index (χ2v) is 4.96. The minimum absolute atomic E-state index is 0.500. The molecule has 2 rings (SSSR count). The zero-order valence-electron chi connectivity index (χ0n) is 8.71. The van der Waals surface area contributed by atoms with E-state index in [-0.39, 0.29) is 0 Å². The summed E-state index contributed by atoms with van der Waals surface area (Å²) < 4.78 is 0. The van der Waals surface area contributed by atoms with Crippen molar-refractivity contribution in [2.24, 2.45) is 11.7 Å². The SMILES string of the molecule is CN(CC1CCC(N)C1)C1CCC1. The average molecular weight is 182 g/mol. The molecule has 0 aromatic heterocycles. The number of nitrogens with zero attached hydrogens (tertiary/aromatic N) is 1. The van der Waals surface area contributed by atoms with E-state index in [2.05, 4.69) is 11.9 Å². The predicted molar refractivity (Wildman–Crippen MR) is 55.6 cm³/mol. The zero-order chi connectivity index (χ0) is 9.26. The van der Waals surface area contributed by atoms with Gasteiger partial charge in [0.05, 0.1) is 0 Å². The van der Waals surface area contributed by atoms with Crippen LogP contribution < -0.4 is 5.73 Å². The largest absolute Gasteiger partial charge is 0.328 e. The van der Waals surface area contributed by atoms with Gasteiger partial charge in [-0.25, -0.2) is 0 Å². The van der Waals surface area contributed by atoms with Gasteiger partial charge in [-0.05, 0) is 45.1 Å². The molecule has 2 unspecified atom stereocenters. The van der Waals surface area contributed by atoms with E-state index in [1.165, 1.54) is 45.1 Å². The molecule has 0 radical (unpaired) electrons. The summed E-state index contributed by atoms with van der Waals surface area (Å²) in [5, 5.41) is 0. The van der Waals surface area contributed by atoms with Gasteiger partial charge in [0.1, 0.15) is 0 Å². The van der Waals surface area contributed by atoms with Crippen LogP contribution in [0, 0.1) is 5.92 Å². The Balaban J connectivity index is 1.71. The van der Waals surface area contributed by atoms with E-state index < -0.39 is 0 Å². The standard InChI is InChI=1S/C11H22N2/c1-13(11-3-2-4-11)8-9-5-6-10(12)7-9/h9-11H,2-8,12H2,1H3. The topological polar surface area (TPSA) is 29.3 Å². The van der Waals surface area contributed by atoms with E-state index in [1.54, 1.807) is 0 Å². The Labute approximate surface area is 81.5 Å². The molecule has 0 spiro atoms. The molecule has 0 saturated heterocycles. The summed E-state index contributed by atoms with van der Waals surface area (Å²) in [4.78, 5) is 2.56. The van der Waals surface area contributed by atoms with Crippen LogP contribution in [0.3, 0.4) is 0 Å². The maximum absolute atomic E-state index is 5.90. The quantitative estimate of drug-likeness (QED) is 0.718. The van der Waals surface area contributed by atoms with Crippen molar-refractivity contribution in [2.75, 3.05) is 13.6 Å². The first-order valence-electron chi connectivity index (χ1n) is 5.71. The summed E-state index contributed by atoms with van der Waals surface area (Å²) in [5.74, 6) is 0.889. The van der Waals surface area contributed by atoms with Crippen LogP contribution in [0.2, 0.25) is 0 Å². The highest BCUT2D eigenvalue weighted by atomic mass is 15.1. The Morgan fingerprint density at radius 2 is 2.00 bits per heavy atom. The van der Waals surface area contributed by atoms with Gasteiger partial charge in [0.25, 0.3) is 0 Å². The molecule has 0 bridgehead atoms. The molecule has 76 valence electrons. The summed E-state index contributed by atoms with van der Waals surface area (Å²) in [7, 11) is 2.29. The minimum atomic E-state index is 0.500. The Kier molecular flexibility index (Phi) is 2.89. The monoisotopic (exact) mass is 182 g/mol. The highest BCUT2D eigenvalue weighted by Gasteiger charge is 2.27. The summed E-state index contributed by atoms with van der Waals surface area (Å²) >= 11 is 0. The maximum Gasteiger partial charge on any atom is 0.00923 e. The summed E-state index contributed by atoms with van der Waals surface area (Å²) in [6.07, 6.45) is 8.17. The fraction of sp³-hybridized carbons (Fsp3) is 1.00. The van der Waals surface area contributed by atoms with Crippen LogP contribution in [0.15, 0.2) is 0 Å². The lowest BCUT2D eigenvalue weighted by Crippen LogP contribution is -2.39. The van der Waals surface area contributed by atoms with E-state index in [0.29, 0.717) is 6.04 Å². The number of hydrogen-bond acceptors (Lipinski definition) is 2. The molecule has 0 aromatic carbocycles. The highest BCUT2D eigenvalue weighted by Crippen LogP contribution is 2.29. The van der Waals surface area contributed by atoms with Crippen molar-refractivity contribution < 1.29 is 0 Å². The fourth-order valence-corrected chi connectivity index (χ4v) is 2.66. The number of hydrogen-bond donors (Lipinski definition) is 1. The molecule has 2 heteroatoms. The molecule has 2 fully saturated rings. The van der Waals surface area contributed by atoms with E-state index in [9.17, 15) is 0 Å². The summed E-state index contributed by atoms with van der Waals surface area (Å²) in [6.45, 7) is 1.29. The van der Waals surface area contributed by atoms with Crippen molar-refractivity contribution in [1.82, 2.24) is 4.90 Å². The second kappa shape index (κ2) is 3.97. The van der Waals surface area contributed by atoms with Gasteiger partial charge < -0.3 is 10.6 Å². The van der Waals surface area contributed by atoms with Gasteiger partial charge in [-0.1, -0.05) is 6.42 Å². The Hall–Kier alpha value is -0.0800. The van der Waals surface area contributed by atoms with E-state index >= 15 is 0 Å². The molecular weight excluding hydrogens is 160 g/mol. The van der Waals surface area contributed by atoms with Crippen LogP contribution in [-0.4, -0.2) is 30.6 Å². The van der Waals surface area contributed by atoms with Gasteiger partial charge in [-0.2, -0.15) is 0 Å². The van der Waals surface area contributed by atoms with Crippen molar-refractivity contribution in [3.63, 3.8) is 0 Å². The van der Waals surface area contributed by atoms with Gasteiger partial charge in [0, 0.05) is 18.6 Å². The lowest BCUT2D eigenvalue weighted by Gasteiger charge is -2.36. The van der Waals surface area contributed by atoms with Gasteiger partial charge in [0.15, 0.2) is 0 Å². The molecule has 0 aromatic rings. The van der Waals surface area contributed by atoms with Crippen molar-refractivity contribution in [3.8, 4) is 0 Å². The Bertz CT molecular complexity index is 165. The van der Waals surface area contributed by atoms with Gasteiger partial charge in [0.2, 0.25) is 0 Å². The fourth-order valence-electron chi connectivity index (χ4n) is 2.66. The molecule has 0 aliphatic heterocycles. The van der Waals surface area contributed by atoms with Crippen LogP contribution >= 0.6 is 0 Å². The van der Waals surface area contributed by atoms with Gasteiger partial charge >= 0.3 is 0 Å². The molecule has 2 aliphatic rings. The first kappa shape index (κ1) is 9.47. The molecule has 13 heavy (non-hydrogen) atoms. The maximum atomic E-state index is 5.90. The van der Waals surface area contributed by atoms with Gasteiger partial charge in [-0.3, -0.25) is 0 Å². The lowest BCUT2D eigenvalue weighted by atomic mass is 9.91. The van der Waals surface area contributed by atoms with Crippen molar-refractivity contribution in [3.05, 3.63) is 0 Å². The van der Waals surface area contributed by atoms with Crippen LogP contribution in [0.4, 0.5) is 0 Å². The van der Waals surface area contributed by atoms with Crippen molar-refractivity contribution >= 4 is 0 Å². The molecule has 2 atom stereocenters. The van der Waals surface area contributed by atoms with Crippen LogP contribution in [0.1, 0.15) is 38.5 Å². The molecular formula is C11H22N2. The molecule has 2 N–H and O–H groups in total. The molecule has 2 nitrogen and oxygen atoms in total. The number of nitrogens with two attached hydrogens (primary N) is 1. The molecule has 0 amide bonds. The third kappa shape index (κ3) is 2.23. The first-order valence-corrected chi connectivity index (χ1v) is 5.71. The first-order chi connectivity index (χ1) is 6.25. The Morgan fingerprint density at radius 3 is 2.46 bits per heavy atom. The molecule has 2 aliphatic carbocycles. The van der Waals surface area contributed by atoms with Crippen LogP contribution in [-0.2, 0) is 0 Å². The summed E-state index contributed by atoms with van der Waals surface area (Å²) in [5.41, 5.74) is 5.90. The van der Waals surface area contributed by atoms with E-state index in [1.807, 2.05) is 0 Å². The normalized spacial score (nSPS) is 35.3. The van der Waals surface area contributed by atoms with E-state index in [4.69, 9.17) is 5.73 Å². The third-order valence-electron chi connectivity index (χ3n) is 3.83. The lowest BCUT2D eigenvalue weighted by molar-refractivity contribution is 0.138. The van der Waals surface area contributed by atoms with E-state index in [0.717, 1.165) is 12.0 Å². The average Bonchev–Trinajstić information content (AvgIpc) is 2.31. The van der Waals surface area contributed by atoms with Crippen LogP contribution in [0.5, 0.6) is 0 Å². The minimum Gasteiger partial charge on any atom is -0.328 e. The molecule has 0 heterocycles. The Morgan fingerprint density at radius 1 is 1.23 bits per heavy atom.